The van der Waals surface area contributed by atoms with Crippen LogP contribution in [0.2, 0.25) is 0 Å². The van der Waals surface area contributed by atoms with E-state index in [-0.39, 0.29) is 0 Å². The van der Waals surface area contributed by atoms with E-state index < -0.39 is 9.24 Å². The van der Waals surface area contributed by atoms with E-state index in [4.69, 9.17) is 10.7 Å². The van der Waals surface area contributed by atoms with Crippen LogP contribution in [0.1, 0.15) is 27.7 Å². The molecule has 0 bridgehead atoms. The fourth-order valence-electron chi connectivity index (χ4n) is 1.41. The molecule has 14 heavy (non-hydrogen) atoms. The number of hydrogen-bond donors (Lipinski definition) is 1. The van der Waals surface area contributed by atoms with Crippen LogP contribution >= 0.6 is 10.7 Å². The standard InChI is InChI=1S/C8H19ClN2O2S/c1-7(2)11(8(3)4)6-5-10-14(9,12)13/h7-8,10H,5-6H2,1-4H3. The smallest absolute Gasteiger partial charge is 0.297 e. The summed E-state index contributed by atoms with van der Waals surface area (Å²) in [6, 6.07) is 0.796. The number of nitrogens with zero attached hydrogens (tertiary/aromatic N) is 1. The van der Waals surface area contributed by atoms with E-state index >= 15 is 0 Å². The summed E-state index contributed by atoms with van der Waals surface area (Å²) in [6.45, 7) is 9.33. The Hall–Kier alpha value is 0.160. The van der Waals surface area contributed by atoms with E-state index in [0.29, 0.717) is 25.2 Å². The van der Waals surface area contributed by atoms with Crippen molar-refractivity contribution in [2.45, 2.75) is 39.8 Å². The highest BCUT2D eigenvalue weighted by Crippen LogP contribution is 2.03. The first-order chi connectivity index (χ1) is 6.24. The van der Waals surface area contributed by atoms with Gasteiger partial charge in [0.1, 0.15) is 0 Å². The maximum Gasteiger partial charge on any atom is 0.297 e. The average Bonchev–Trinajstić information content (AvgIpc) is 1.94. The van der Waals surface area contributed by atoms with Gasteiger partial charge in [0.2, 0.25) is 0 Å². The molecule has 0 spiro atoms. The van der Waals surface area contributed by atoms with Crippen molar-refractivity contribution in [3.63, 3.8) is 0 Å². The van der Waals surface area contributed by atoms with Crippen molar-refractivity contribution >= 4 is 19.9 Å². The van der Waals surface area contributed by atoms with E-state index in [1.807, 2.05) is 0 Å². The largest absolute Gasteiger partial charge is 0.297 e. The quantitative estimate of drug-likeness (QED) is 0.712. The van der Waals surface area contributed by atoms with E-state index in [1.54, 1.807) is 0 Å². The van der Waals surface area contributed by atoms with Gasteiger partial charge in [-0.2, -0.15) is 8.42 Å². The molecule has 1 N–H and O–H groups in total. The molecule has 0 amide bonds. The Morgan fingerprint density at radius 3 is 1.93 bits per heavy atom. The van der Waals surface area contributed by atoms with Crippen LogP contribution in [0.3, 0.4) is 0 Å². The molecule has 0 aliphatic heterocycles. The van der Waals surface area contributed by atoms with Crippen LogP contribution in [-0.4, -0.2) is 38.5 Å². The molecule has 0 heterocycles. The van der Waals surface area contributed by atoms with Gasteiger partial charge in [0, 0.05) is 35.9 Å². The minimum absolute atomic E-state index is 0.349. The molecular formula is C8H19ClN2O2S. The Labute approximate surface area is 91.2 Å². The van der Waals surface area contributed by atoms with E-state index in [2.05, 4.69) is 37.3 Å². The Bertz CT molecular complexity index is 244. The first-order valence-electron chi connectivity index (χ1n) is 4.69. The average molecular weight is 243 g/mol. The van der Waals surface area contributed by atoms with Gasteiger partial charge in [-0.25, -0.2) is 4.72 Å². The second-order valence-corrected chi connectivity index (χ2v) is 6.14. The molecule has 0 atom stereocenters. The second-order valence-electron chi connectivity index (χ2n) is 3.76. The zero-order valence-corrected chi connectivity index (χ0v) is 10.7. The van der Waals surface area contributed by atoms with Crippen LogP contribution in [0, 0.1) is 0 Å². The number of halogens is 1. The van der Waals surface area contributed by atoms with E-state index in [1.165, 1.54) is 0 Å². The molecular weight excluding hydrogens is 224 g/mol. The Morgan fingerprint density at radius 2 is 1.64 bits per heavy atom. The third-order valence-electron chi connectivity index (χ3n) is 1.97. The Balaban J connectivity index is 3.96. The molecule has 6 heteroatoms. The molecule has 0 rings (SSSR count). The lowest BCUT2D eigenvalue weighted by atomic mass is 10.2. The molecule has 86 valence electrons. The van der Waals surface area contributed by atoms with Gasteiger partial charge >= 0.3 is 0 Å². The zero-order valence-electron chi connectivity index (χ0n) is 9.12. The molecule has 0 saturated carbocycles. The lowest BCUT2D eigenvalue weighted by Crippen LogP contribution is -2.41. The molecule has 0 unspecified atom stereocenters. The van der Waals surface area contributed by atoms with Gasteiger partial charge in [0.25, 0.3) is 9.24 Å². The molecule has 0 aliphatic rings. The summed E-state index contributed by atoms with van der Waals surface area (Å²) in [5.41, 5.74) is 0. The summed E-state index contributed by atoms with van der Waals surface area (Å²) >= 11 is 0. The van der Waals surface area contributed by atoms with Crippen molar-refractivity contribution in [1.29, 1.82) is 0 Å². The van der Waals surface area contributed by atoms with Gasteiger partial charge < -0.3 is 0 Å². The highest BCUT2D eigenvalue weighted by Gasteiger charge is 2.13. The summed E-state index contributed by atoms with van der Waals surface area (Å²) in [6.07, 6.45) is 0. The topological polar surface area (TPSA) is 49.4 Å². The summed E-state index contributed by atoms with van der Waals surface area (Å²) in [4.78, 5) is 2.19. The zero-order chi connectivity index (χ0) is 11.4. The SMILES string of the molecule is CC(C)N(CCNS(=O)(=O)Cl)C(C)C. The van der Waals surface area contributed by atoms with Gasteiger partial charge in [-0.3, -0.25) is 4.90 Å². The summed E-state index contributed by atoms with van der Waals surface area (Å²) in [5, 5.41) is 0. The lowest BCUT2D eigenvalue weighted by Gasteiger charge is -2.30. The fourth-order valence-corrected chi connectivity index (χ4v) is 1.98. The molecule has 0 fully saturated rings. The highest BCUT2D eigenvalue weighted by molar-refractivity contribution is 8.12. The molecule has 4 nitrogen and oxygen atoms in total. The highest BCUT2D eigenvalue weighted by atomic mass is 35.7. The summed E-state index contributed by atoms with van der Waals surface area (Å²) in [7, 11) is 1.44. The van der Waals surface area contributed by atoms with Crippen molar-refractivity contribution in [1.82, 2.24) is 9.62 Å². The van der Waals surface area contributed by atoms with Crippen LogP contribution in [0.4, 0.5) is 0 Å². The predicted octanol–water partition coefficient (Wildman–Crippen LogP) is 1.18. The van der Waals surface area contributed by atoms with E-state index in [9.17, 15) is 8.42 Å². The summed E-state index contributed by atoms with van der Waals surface area (Å²) in [5.74, 6) is 0. The lowest BCUT2D eigenvalue weighted by molar-refractivity contribution is 0.179. The minimum Gasteiger partial charge on any atom is -0.297 e. The van der Waals surface area contributed by atoms with Gasteiger partial charge in [-0.1, -0.05) is 0 Å². The maximum atomic E-state index is 10.6. The van der Waals surface area contributed by atoms with Crippen LogP contribution in [0.15, 0.2) is 0 Å². The van der Waals surface area contributed by atoms with Crippen molar-refractivity contribution in [3.05, 3.63) is 0 Å². The third-order valence-corrected chi connectivity index (χ3v) is 2.85. The van der Waals surface area contributed by atoms with Gasteiger partial charge in [0.05, 0.1) is 0 Å². The molecule has 0 aromatic rings. The third kappa shape index (κ3) is 6.59. The number of nitrogens with one attached hydrogen (secondary N) is 1. The Morgan fingerprint density at radius 1 is 1.21 bits per heavy atom. The van der Waals surface area contributed by atoms with Crippen LogP contribution in [0.25, 0.3) is 0 Å². The molecule has 0 radical (unpaired) electrons. The van der Waals surface area contributed by atoms with Gasteiger partial charge in [0.15, 0.2) is 0 Å². The van der Waals surface area contributed by atoms with Gasteiger partial charge in [-0.15, -0.1) is 0 Å². The maximum absolute atomic E-state index is 10.6. The van der Waals surface area contributed by atoms with Crippen molar-refractivity contribution in [3.8, 4) is 0 Å². The van der Waals surface area contributed by atoms with Crippen molar-refractivity contribution in [2.75, 3.05) is 13.1 Å². The van der Waals surface area contributed by atoms with Crippen LogP contribution in [-0.2, 0) is 9.24 Å². The summed E-state index contributed by atoms with van der Waals surface area (Å²) < 4.78 is 23.4. The van der Waals surface area contributed by atoms with Crippen LogP contribution in [0.5, 0.6) is 0 Å². The first kappa shape index (κ1) is 14.2. The fraction of sp³-hybridized carbons (Fsp3) is 1.00. The molecule has 0 aromatic heterocycles. The van der Waals surface area contributed by atoms with Crippen molar-refractivity contribution in [2.24, 2.45) is 0 Å². The minimum atomic E-state index is -3.58. The predicted molar refractivity (Wildman–Crippen MR) is 59.8 cm³/mol. The monoisotopic (exact) mass is 242 g/mol. The first-order valence-corrected chi connectivity index (χ1v) is 7.00. The van der Waals surface area contributed by atoms with Crippen molar-refractivity contribution < 1.29 is 8.42 Å². The Kier molecular flexibility index (Phi) is 5.97. The van der Waals surface area contributed by atoms with Gasteiger partial charge in [-0.05, 0) is 27.7 Å². The molecule has 0 saturated heterocycles. The van der Waals surface area contributed by atoms with Crippen LogP contribution < -0.4 is 4.72 Å². The normalized spacial score (nSPS) is 13.1. The molecule has 0 aromatic carbocycles. The number of hydrogen-bond acceptors (Lipinski definition) is 3. The van der Waals surface area contributed by atoms with E-state index in [0.717, 1.165) is 0 Å². The number of rotatable bonds is 6. The molecule has 0 aliphatic carbocycles. The second kappa shape index (κ2) is 5.90.